The molecule has 8 nitrogen and oxygen atoms in total. The predicted octanol–water partition coefficient (Wildman–Crippen LogP) is 5.06. The van der Waals surface area contributed by atoms with E-state index in [1.165, 1.54) is 4.90 Å². The van der Waals surface area contributed by atoms with Crippen molar-refractivity contribution in [2.45, 2.75) is 58.8 Å². The van der Waals surface area contributed by atoms with Crippen molar-refractivity contribution in [1.82, 2.24) is 10.2 Å². The van der Waals surface area contributed by atoms with Gasteiger partial charge in [0.15, 0.2) is 0 Å². The highest BCUT2D eigenvalue weighted by molar-refractivity contribution is 5.72. The Bertz CT molecular complexity index is 912. The third-order valence-corrected chi connectivity index (χ3v) is 4.81. The molecule has 0 unspecified atom stereocenters. The van der Waals surface area contributed by atoms with Crippen LogP contribution in [0.2, 0.25) is 0 Å². The van der Waals surface area contributed by atoms with Crippen LogP contribution in [0.3, 0.4) is 0 Å². The number of rotatable bonds is 12. The van der Waals surface area contributed by atoms with Gasteiger partial charge >= 0.3 is 18.2 Å². The molecule has 2 rings (SSSR count). The first-order valence-electron chi connectivity index (χ1n) is 11.8. The van der Waals surface area contributed by atoms with Crippen LogP contribution in [0.25, 0.3) is 0 Å². The minimum Gasteiger partial charge on any atom is -0.460 e. The minimum atomic E-state index is -0.587. The van der Waals surface area contributed by atoms with Gasteiger partial charge in [-0.05, 0) is 44.7 Å². The van der Waals surface area contributed by atoms with Crippen LogP contribution < -0.4 is 5.32 Å². The fourth-order valence-corrected chi connectivity index (χ4v) is 3.12. The van der Waals surface area contributed by atoms with Gasteiger partial charge in [0.1, 0.15) is 18.8 Å². The van der Waals surface area contributed by atoms with Gasteiger partial charge < -0.3 is 24.4 Å². The molecule has 0 spiro atoms. The van der Waals surface area contributed by atoms with Crippen LogP contribution in [0.4, 0.5) is 9.59 Å². The van der Waals surface area contributed by atoms with Gasteiger partial charge in [0.2, 0.25) is 0 Å². The topological polar surface area (TPSA) is 94.2 Å². The fourth-order valence-electron chi connectivity index (χ4n) is 3.12. The first-order chi connectivity index (χ1) is 16.7. The van der Waals surface area contributed by atoms with Gasteiger partial charge in [0.05, 0.1) is 6.42 Å². The second-order valence-corrected chi connectivity index (χ2v) is 9.06. The number of nitrogens with zero attached hydrogens (tertiary/aromatic N) is 1. The highest BCUT2D eigenvalue weighted by atomic mass is 16.6. The summed E-state index contributed by atoms with van der Waals surface area (Å²) in [5.74, 6) is -0.374. The zero-order chi connectivity index (χ0) is 25.5. The molecule has 0 saturated heterocycles. The number of alkyl carbamates (subject to hydrolysis) is 1. The van der Waals surface area contributed by atoms with Gasteiger partial charge in [-0.2, -0.15) is 0 Å². The monoisotopic (exact) mass is 484 g/mol. The molecule has 0 aliphatic rings. The molecule has 0 aliphatic heterocycles. The quantitative estimate of drug-likeness (QED) is 0.257. The molecule has 2 aromatic carbocycles. The number of nitrogens with one attached hydrogen (secondary N) is 1. The molecular weight excluding hydrogens is 448 g/mol. The van der Waals surface area contributed by atoms with Crippen molar-refractivity contribution in [1.29, 1.82) is 0 Å². The second kappa shape index (κ2) is 14.7. The summed E-state index contributed by atoms with van der Waals surface area (Å²) < 4.78 is 16.0. The summed E-state index contributed by atoms with van der Waals surface area (Å²) >= 11 is 0. The number of carbonyl (C=O) groups excluding carboxylic acids is 3. The smallest absolute Gasteiger partial charge is 0.410 e. The summed E-state index contributed by atoms with van der Waals surface area (Å²) in [6.07, 6.45) is 0.343. The van der Waals surface area contributed by atoms with E-state index in [0.717, 1.165) is 11.1 Å². The molecule has 0 aromatic heterocycles. The van der Waals surface area contributed by atoms with Gasteiger partial charge in [0, 0.05) is 19.6 Å². The summed E-state index contributed by atoms with van der Waals surface area (Å²) in [5, 5.41) is 2.71. The molecule has 190 valence electrons. The molecule has 0 saturated carbocycles. The Balaban J connectivity index is 1.75. The second-order valence-electron chi connectivity index (χ2n) is 9.06. The average molecular weight is 485 g/mol. The first kappa shape index (κ1) is 27.7. The highest BCUT2D eigenvalue weighted by Crippen LogP contribution is 2.10. The standard InChI is InChI=1S/C27H36N2O6/c1-27(2,3)35-24(30)16-19-29(26(32)34-21-23-14-8-5-9-15-23)18-11-10-17-28-25(31)33-20-22-12-6-4-7-13-22/h4-9,12-15H,10-11,16-21H2,1-3H3,(H,28,31). The lowest BCUT2D eigenvalue weighted by Crippen LogP contribution is -2.36. The molecule has 0 heterocycles. The molecule has 8 heteroatoms. The van der Waals surface area contributed by atoms with Crippen LogP contribution in [-0.4, -0.2) is 48.3 Å². The number of carbonyl (C=O) groups is 3. The summed E-state index contributed by atoms with van der Waals surface area (Å²) in [7, 11) is 0. The maximum atomic E-state index is 12.7. The molecule has 1 N–H and O–H groups in total. The van der Waals surface area contributed by atoms with Crippen LogP contribution in [0.5, 0.6) is 0 Å². The Morgan fingerprint density at radius 3 is 1.94 bits per heavy atom. The normalized spacial score (nSPS) is 10.8. The minimum absolute atomic E-state index is 0.0712. The van der Waals surface area contributed by atoms with Gasteiger partial charge in [-0.3, -0.25) is 4.79 Å². The third kappa shape index (κ3) is 12.5. The number of hydrogen-bond acceptors (Lipinski definition) is 6. The maximum Gasteiger partial charge on any atom is 0.410 e. The van der Waals surface area contributed by atoms with E-state index < -0.39 is 17.8 Å². The molecule has 0 atom stereocenters. The van der Waals surface area contributed by atoms with Crippen molar-refractivity contribution in [3.63, 3.8) is 0 Å². The molecule has 0 bridgehead atoms. The Hall–Kier alpha value is -3.55. The Morgan fingerprint density at radius 2 is 1.37 bits per heavy atom. The lowest BCUT2D eigenvalue weighted by atomic mass is 10.2. The molecule has 0 radical (unpaired) electrons. The SMILES string of the molecule is CC(C)(C)OC(=O)CCN(CCCCNC(=O)OCc1ccccc1)C(=O)OCc1ccccc1. The van der Waals surface area contributed by atoms with Crippen LogP contribution in [-0.2, 0) is 32.2 Å². The zero-order valence-corrected chi connectivity index (χ0v) is 20.8. The van der Waals surface area contributed by atoms with Crippen LogP contribution in [0.1, 0.15) is 51.2 Å². The van der Waals surface area contributed by atoms with Crippen molar-refractivity contribution >= 4 is 18.2 Å². The fraction of sp³-hybridized carbons (Fsp3) is 0.444. The highest BCUT2D eigenvalue weighted by Gasteiger charge is 2.20. The van der Waals surface area contributed by atoms with Gasteiger partial charge in [-0.1, -0.05) is 60.7 Å². The summed E-state index contributed by atoms with van der Waals surface area (Å²) in [6, 6.07) is 18.8. The number of ether oxygens (including phenoxy) is 3. The van der Waals surface area contributed by atoms with E-state index in [2.05, 4.69) is 5.32 Å². The van der Waals surface area contributed by atoms with Crippen molar-refractivity contribution in [2.75, 3.05) is 19.6 Å². The molecular formula is C27H36N2O6. The first-order valence-corrected chi connectivity index (χ1v) is 11.8. The molecule has 2 aromatic rings. The number of amides is 2. The lowest BCUT2D eigenvalue weighted by Gasteiger charge is -2.24. The molecule has 0 fully saturated rings. The lowest BCUT2D eigenvalue weighted by molar-refractivity contribution is -0.155. The zero-order valence-electron chi connectivity index (χ0n) is 20.8. The van der Waals surface area contributed by atoms with Crippen LogP contribution in [0.15, 0.2) is 60.7 Å². The van der Waals surface area contributed by atoms with Crippen LogP contribution >= 0.6 is 0 Å². The number of esters is 1. The van der Waals surface area contributed by atoms with Crippen molar-refractivity contribution < 1.29 is 28.6 Å². The predicted molar refractivity (Wildman–Crippen MR) is 133 cm³/mol. The number of unbranched alkanes of at least 4 members (excludes halogenated alkanes) is 1. The van der Waals surface area contributed by atoms with Crippen molar-refractivity contribution in [2.24, 2.45) is 0 Å². The van der Waals surface area contributed by atoms with E-state index in [-0.39, 0.29) is 32.1 Å². The van der Waals surface area contributed by atoms with E-state index in [1.807, 2.05) is 60.7 Å². The Kier molecular flexibility index (Phi) is 11.6. The number of hydrogen-bond donors (Lipinski definition) is 1. The summed E-state index contributed by atoms with van der Waals surface area (Å²) in [5.41, 5.74) is 1.21. The summed E-state index contributed by atoms with van der Waals surface area (Å²) in [6.45, 7) is 6.74. The maximum absolute atomic E-state index is 12.7. The van der Waals surface area contributed by atoms with Gasteiger partial charge in [-0.25, -0.2) is 9.59 Å². The third-order valence-electron chi connectivity index (χ3n) is 4.81. The van der Waals surface area contributed by atoms with Gasteiger partial charge in [0.25, 0.3) is 0 Å². The average Bonchev–Trinajstić information content (AvgIpc) is 2.83. The van der Waals surface area contributed by atoms with E-state index in [9.17, 15) is 14.4 Å². The molecule has 2 amide bonds. The summed E-state index contributed by atoms with van der Waals surface area (Å²) in [4.78, 5) is 38.2. The van der Waals surface area contributed by atoms with E-state index in [1.54, 1.807) is 20.8 Å². The Morgan fingerprint density at radius 1 is 0.800 bits per heavy atom. The largest absolute Gasteiger partial charge is 0.460 e. The van der Waals surface area contributed by atoms with Gasteiger partial charge in [-0.15, -0.1) is 0 Å². The van der Waals surface area contributed by atoms with Crippen molar-refractivity contribution in [3.05, 3.63) is 71.8 Å². The van der Waals surface area contributed by atoms with E-state index in [0.29, 0.717) is 25.9 Å². The Labute approximate surface area is 207 Å². The van der Waals surface area contributed by atoms with E-state index in [4.69, 9.17) is 14.2 Å². The van der Waals surface area contributed by atoms with Crippen molar-refractivity contribution in [3.8, 4) is 0 Å². The number of benzene rings is 2. The van der Waals surface area contributed by atoms with E-state index >= 15 is 0 Å². The molecule has 35 heavy (non-hydrogen) atoms. The molecule has 0 aliphatic carbocycles. The van der Waals surface area contributed by atoms with Crippen LogP contribution in [0, 0.1) is 0 Å².